The van der Waals surface area contributed by atoms with Gasteiger partial charge in [-0.3, -0.25) is 19.5 Å². The highest BCUT2D eigenvalue weighted by atomic mass is 35.5. The van der Waals surface area contributed by atoms with Crippen LogP contribution in [0.2, 0.25) is 10.0 Å². The van der Waals surface area contributed by atoms with Crippen LogP contribution in [-0.2, 0) is 13.6 Å². The predicted molar refractivity (Wildman–Crippen MR) is 183 cm³/mol. The molecular formula is C35H34Cl2N6O4. The van der Waals surface area contributed by atoms with E-state index in [4.69, 9.17) is 32.7 Å². The van der Waals surface area contributed by atoms with E-state index in [-0.39, 0.29) is 11.8 Å². The normalized spacial score (nSPS) is 13.5. The van der Waals surface area contributed by atoms with Gasteiger partial charge in [0.1, 0.15) is 17.2 Å². The quantitative estimate of drug-likeness (QED) is 0.172. The molecule has 1 aliphatic rings. The fourth-order valence-corrected chi connectivity index (χ4v) is 5.84. The topological polar surface area (TPSA) is 93.0 Å². The molecular weight excluding hydrogens is 639 g/mol. The lowest BCUT2D eigenvalue weighted by Gasteiger charge is -2.34. The lowest BCUT2D eigenvalue weighted by molar-refractivity contribution is 0.0618. The molecule has 0 spiro atoms. The number of ether oxygens (including phenoxy) is 2. The van der Waals surface area contributed by atoms with Gasteiger partial charge in [0, 0.05) is 69.4 Å². The summed E-state index contributed by atoms with van der Waals surface area (Å²) in [6.07, 6.45) is 3.32. The van der Waals surface area contributed by atoms with Crippen LogP contribution >= 0.6 is 23.2 Å². The molecule has 2 amide bonds. The van der Waals surface area contributed by atoms with E-state index in [0.29, 0.717) is 58.3 Å². The number of halogens is 2. The molecule has 47 heavy (non-hydrogen) atoms. The second-order valence-electron chi connectivity index (χ2n) is 11.2. The number of rotatable bonds is 9. The number of hydrogen-bond donors (Lipinski definition) is 0. The largest absolute Gasteiger partial charge is 0.492 e. The van der Waals surface area contributed by atoms with Gasteiger partial charge in [0.25, 0.3) is 11.8 Å². The Morgan fingerprint density at radius 1 is 0.872 bits per heavy atom. The van der Waals surface area contributed by atoms with Gasteiger partial charge in [-0.05, 0) is 67.6 Å². The van der Waals surface area contributed by atoms with Gasteiger partial charge in [-0.25, -0.2) is 4.98 Å². The Balaban J connectivity index is 1.07. The molecule has 0 N–H and O–H groups in total. The van der Waals surface area contributed by atoms with Crippen molar-refractivity contribution in [1.29, 1.82) is 0 Å². The average Bonchev–Trinajstić information content (AvgIpc) is 3.42. The highest BCUT2D eigenvalue weighted by Gasteiger charge is 2.25. The summed E-state index contributed by atoms with van der Waals surface area (Å²) in [6.45, 7) is 6.12. The van der Waals surface area contributed by atoms with Crippen molar-refractivity contribution >= 4 is 51.6 Å². The summed E-state index contributed by atoms with van der Waals surface area (Å²) in [6, 6.07) is 19.7. The fraction of sp³-hybridized carbons (Fsp3) is 0.257. The molecule has 0 atom stereocenters. The van der Waals surface area contributed by atoms with Crippen molar-refractivity contribution < 1.29 is 19.1 Å². The van der Waals surface area contributed by atoms with Gasteiger partial charge < -0.3 is 23.8 Å². The number of carbonyl (C=O) groups is 2. The smallest absolute Gasteiger partial charge is 0.270 e. The summed E-state index contributed by atoms with van der Waals surface area (Å²) in [5.41, 5.74) is 3.52. The summed E-state index contributed by atoms with van der Waals surface area (Å²) in [5, 5.41) is 1.58. The third-order valence-electron chi connectivity index (χ3n) is 8.19. The standard InChI is InChI=1S/C35H34Cl2N6O4/c1-4-46-28-8-6-25(38-21-28)22-42-13-15-43(16-14-42)35(45)32-19-24-17-27(9-11-31(24)41(32)3)47-33-12-7-26(20-39-33)40(2)34(44)23-5-10-29(36)30(37)18-23/h5-12,17-21H,4,13-16,22H2,1-3H3. The van der Waals surface area contributed by atoms with Gasteiger partial charge in [0.15, 0.2) is 0 Å². The molecule has 0 aliphatic carbocycles. The Hall–Kier alpha value is -4.64. The Morgan fingerprint density at radius 2 is 1.66 bits per heavy atom. The van der Waals surface area contributed by atoms with E-state index in [2.05, 4.69) is 14.9 Å². The summed E-state index contributed by atoms with van der Waals surface area (Å²) >= 11 is 12.1. The zero-order valence-electron chi connectivity index (χ0n) is 26.3. The van der Waals surface area contributed by atoms with Crippen molar-refractivity contribution in [3.05, 3.63) is 106 Å². The molecule has 12 heteroatoms. The maximum absolute atomic E-state index is 13.6. The molecule has 1 aliphatic heterocycles. The van der Waals surface area contributed by atoms with Crippen molar-refractivity contribution in [1.82, 2.24) is 24.3 Å². The Bertz CT molecular complexity index is 1900. The number of fused-ring (bicyclic) bond motifs is 1. The molecule has 242 valence electrons. The number of carbonyl (C=O) groups excluding carboxylic acids is 2. The zero-order chi connectivity index (χ0) is 33.1. The van der Waals surface area contributed by atoms with Crippen LogP contribution in [0.4, 0.5) is 5.69 Å². The van der Waals surface area contributed by atoms with E-state index in [9.17, 15) is 9.59 Å². The maximum Gasteiger partial charge on any atom is 0.270 e. The van der Waals surface area contributed by atoms with Crippen molar-refractivity contribution in [2.75, 3.05) is 44.7 Å². The highest BCUT2D eigenvalue weighted by molar-refractivity contribution is 6.42. The first kappa shape index (κ1) is 32.3. The molecule has 5 aromatic rings. The number of piperazine rings is 1. The summed E-state index contributed by atoms with van der Waals surface area (Å²) in [4.78, 5) is 41.1. The Morgan fingerprint density at radius 3 is 2.34 bits per heavy atom. The van der Waals surface area contributed by atoms with Crippen LogP contribution < -0.4 is 14.4 Å². The first-order chi connectivity index (χ1) is 22.7. The molecule has 1 fully saturated rings. The maximum atomic E-state index is 13.6. The van der Waals surface area contributed by atoms with E-state index in [1.54, 1.807) is 43.7 Å². The number of pyridine rings is 2. The van der Waals surface area contributed by atoms with Crippen LogP contribution in [0.25, 0.3) is 10.9 Å². The van der Waals surface area contributed by atoms with Crippen LogP contribution in [-0.4, -0.2) is 76.0 Å². The lowest BCUT2D eigenvalue weighted by Crippen LogP contribution is -2.48. The van der Waals surface area contributed by atoms with Gasteiger partial charge in [-0.15, -0.1) is 0 Å². The molecule has 0 unspecified atom stereocenters. The number of aromatic nitrogens is 3. The van der Waals surface area contributed by atoms with Crippen LogP contribution in [0.3, 0.4) is 0 Å². The van der Waals surface area contributed by atoms with Gasteiger partial charge in [0.05, 0.1) is 40.4 Å². The minimum absolute atomic E-state index is 0.00167. The van der Waals surface area contributed by atoms with Gasteiger partial charge in [-0.1, -0.05) is 23.2 Å². The van der Waals surface area contributed by atoms with Crippen LogP contribution in [0, 0.1) is 0 Å². The van der Waals surface area contributed by atoms with Gasteiger partial charge in [-0.2, -0.15) is 0 Å². The predicted octanol–water partition coefficient (Wildman–Crippen LogP) is 6.70. The molecule has 0 radical (unpaired) electrons. The summed E-state index contributed by atoms with van der Waals surface area (Å²) in [7, 11) is 3.56. The molecule has 3 aromatic heterocycles. The van der Waals surface area contributed by atoms with E-state index < -0.39 is 0 Å². The number of amides is 2. The highest BCUT2D eigenvalue weighted by Crippen LogP contribution is 2.29. The zero-order valence-corrected chi connectivity index (χ0v) is 27.8. The van der Waals surface area contributed by atoms with Gasteiger partial charge >= 0.3 is 0 Å². The van der Waals surface area contributed by atoms with Crippen LogP contribution in [0.5, 0.6) is 17.4 Å². The summed E-state index contributed by atoms with van der Waals surface area (Å²) in [5.74, 6) is 1.48. The number of benzene rings is 2. The Labute approximate surface area is 283 Å². The monoisotopic (exact) mass is 672 g/mol. The lowest BCUT2D eigenvalue weighted by atomic mass is 10.2. The molecule has 6 rings (SSSR count). The second-order valence-corrected chi connectivity index (χ2v) is 12.1. The van der Waals surface area contributed by atoms with Crippen molar-refractivity contribution in [3.8, 4) is 17.4 Å². The second kappa shape index (κ2) is 14.0. The third-order valence-corrected chi connectivity index (χ3v) is 8.93. The molecule has 4 heterocycles. The van der Waals surface area contributed by atoms with E-state index >= 15 is 0 Å². The molecule has 0 bridgehead atoms. The molecule has 10 nitrogen and oxygen atoms in total. The van der Waals surface area contributed by atoms with Crippen molar-refractivity contribution in [3.63, 3.8) is 0 Å². The van der Waals surface area contributed by atoms with Crippen molar-refractivity contribution in [2.24, 2.45) is 7.05 Å². The number of nitrogens with zero attached hydrogens (tertiary/aromatic N) is 6. The fourth-order valence-electron chi connectivity index (χ4n) is 5.54. The van der Waals surface area contributed by atoms with E-state index in [1.165, 1.54) is 11.0 Å². The molecule has 0 saturated carbocycles. The van der Waals surface area contributed by atoms with Crippen LogP contribution in [0.1, 0.15) is 33.5 Å². The van der Waals surface area contributed by atoms with Crippen LogP contribution in [0.15, 0.2) is 79.1 Å². The Kier molecular flexibility index (Phi) is 9.63. The first-order valence-electron chi connectivity index (χ1n) is 15.3. The molecule has 2 aromatic carbocycles. The number of aryl methyl sites for hydroxylation is 1. The number of anilines is 1. The SMILES string of the molecule is CCOc1ccc(CN2CCN(C(=O)c3cc4cc(Oc5ccc(N(C)C(=O)c6ccc(Cl)c(Cl)c6)cn5)ccc4n3C)CC2)nc1. The third kappa shape index (κ3) is 7.20. The van der Waals surface area contributed by atoms with E-state index in [0.717, 1.165) is 42.0 Å². The van der Waals surface area contributed by atoms with E-state index in [1.807, 2.05) is 59.8 Å². The number of hydrogen-bond acceptors (Lipinski definition) is 7. The minimum Gasteiger partial charge on any atom is -0.492 e. The first-order valence-corrected chi connectivity index (χ1v) is 16.0. The summed E-state index contributed by atoms with van der Waals surface area (Å²) < 4.78 is 13.4. The minimum atomic E-state index is -0.248. The van der Waals surface area contributed by atoms with Gasteiger partial charge in [0.2, 0.25) is 5.88 Å². The van der Waals surface area contributed by atoms with Crippen molar-refractivity contribution in [2.45, 2.75) is 13.5 Å². The average molecular weight is 674 g/mol. The molecule has 1 saturated heterocycles.